The summed E-state index contributed by atoms with van der Waals surface area (Å²) in [6.07, 6.45) is 1.60. The summed E-state index contributed by atoms with van der Waals surface area (Å²) < 4.78 is 34.9. The van der Waals surface area contributed by atoms with Gasteiger partial charge in [-0.25, -0.2) is 13.8 Å². The van der Waals surface area contributed by atoms with Crippen molar-refractivity contribution in [2.45, 2.75) is 13.5 Å². The zero-order valence-electron chi connectivity index (χ0n) is 15.8. The van der Waals surface area contributed by atoms with E-state index >= 15 is 0 Å². The fourth-order valence-electron chi connectivity index (χ4n) is 3.03. The van der Waals surface area contributed by atoms with Crippen molar-refractivity contribution in [2.75, 3.05) is 0 Å². The molecular formula is C23H15ClF2N2O2. The van der Waals surface area contributed by atoms with Gasteiger partial charge >= 0.3 is 0 Å². The normalized spacial score (nSPS) is 10.9. The highest BCUT2D eigenvalue weighted by Crippen LogP contribution is 2.27. The summed E-state index contributed by atoms with van der Waals surface area (Å²) in [5.74, 6) is -3.06. The van der Waals surface area contributed by atoms with Crippen LogP contribution in [0.2, 0.25) is 5.02 Å². The molecule has 4 nitrogen and oxygen atoms in total. The first kappa shape index (κ1) is 19.9. The summed E-state index contributed by atoms with van der Waals surface area (Å²) >= 11 is 5.93. The minimum absolute atomic E-state index is 0.0155. The number of ether oxygens (including phenoxy) is 1. The van der Waals surface area contributed by atoms with E-state index in [9.17, 15) is 13.6 Å². The highest BCUT2D eigenvalue weighted by molar-refractivity contribution is 6.30. The molecule has 0 unspecified atom stereocenters. The lowest BCUT2D eigenvalue weighted by atomic mass is 10.0. The molecule has 1 heterocycles. The fourth-order valence-corrected chi connectivity index (χ4v) is 3.24. The molecule has 30 heavy (non-hydrogen) atoms. The topological polar surface area (TPSA) is 52.1 Å². The van der Waals surface area contributed by atoms with Gasteiger partial charge in [0.2, 0.25) is 0 Å². The summed E-state index contributed by atoms with van der Waals surface area (Å²) in [5.41, 5.74) is 1.85. The van der Waals surface area contributed by atoms with Crippen LogP contribution in [0.5, 0.6) is 5.75 Å². The van der Waals surface area contributed by atoms with Crippen molar-refractivity contribution in [3.8, 4) is 5.75 Å². The van der Waals surface area contributed by atoms with Gasteiger partial charge in [0.05, 0.1) is 22.3 Å². The number of halogens is 3. The van der Waals surface area contributed by atoms with Crippen LogP contribution < -0.4 is 4.74 Å². The predicted octanol–water partition coefficient (Wildman–Crippen LogP) is 5.68. The average Bonchev–Trinajstić information content (AvgIpc) is 2.72. The van der Waals surface area contributed by atoms with Crippen molar-refractivity contribution < 1.29 is 18.3 Å². The largest absolute Gasteiger partial charge is 0.486 e. The van der Waals surface area contributed by atoms with Crippen LogP contribution >= 0.6 is 11.6 Å². The second kappa shape index (κ2) is 8.16. The van der Waals surface area contributed by atoms with E-state index in [-0.39, 0.29) is 17.9 Å². The van der Waals surface area contributed by atoms with E-state index in [1.807, 2.05) is 0 Å². The number of nitrogens with zero attached hydrogens (tertiary/aromatic N) is 2. The Balaban J connectivity index is 1.66. The Kier molecular flexibility index (Phi) is 5.42. The number of carbonyl (C=O) groups is 1. The molecule has 0 fully saturated rings. The molecule has 0 aliphatic heterocycles. The Morgan fingerprint density at radius 1 is 1.07 bits per heavy atom. The molecule has 0 radical (unpaired) electrons. The lowest BCUT2D eigenvalue weighted by molar-refractivity contribution is 0.103. The molecule has 0 spiro atoms. The van der Waals surface area contributed by atoms with Gasteiger partial charge in [0.25, 0.3) is 0 Å². The number of aromatic nitrogens is 2. The van der Waals surface area contributed by atoms with Gasteiger partial charge in [-0.2, -0.15) is 0 Å². The van der Waals surface area contributed by atoms with Gasteiger partial charge in [-0.05, 0) is 55.0 Å². The van der Waals surface area contributed by atoms with E-state index in [0.29, 0.717) is 27.3 Å². The Bertz CT molecular complexity index is 1280. The predicted molar refractivity (Wildman–Crippen MR) is 110 cm³/mol. The third-order valence-corrected chi connectivity index (χ3v) is 4.73. The molecule has 0 aliphatic rings. The number of ketones is 1. The summed E-state index contributed by atoms with van der Waals surface area (Å²) in [5, 5.41) is 0.515. The first-order chi connectivity index (χ1) is 14.4. The van der Waals surface area contributed by atoms with Crippen LogP contribution in [0, 0.1) is 18.6 Å². The quantitative estimate of drug-likeness (QED) is 0.387. The van der Waals surface area contributed by atoms with Gasteiger partial charge in [0, 0.05) is 16.8 Å². The highest BCUT2D eigenvalue weighted by Gasteiger charge is 2.23. The molecule has 1 aromatic heterocycles. The van der Waals surface area contributed by atoms with Crippen molar-refractivity contribution in [1.29, 1.82) is 0 Å². The summed E-state index contributed by atoms with van der Waals surface area (Å²) in [6.45, 7) is 1.78. The van der Waals surface area contributed by atoms with E-state index in [4.69, 9.17) is 16.3 Å². The van der Waals surface area contributed by atoms with Crippen molar-refractivity contribution in [2.24, 2.45) is 0 Å². The standard InChI is InChI=1S/C23H15ClF2N2O2/c1-13-11-27-18-7-5-15(10-19(18)28-13)23(29)21-17(25)6-8-20(22(21)26)30-12-14-3-2-4-16(24)9-14/h2-11H,12H2,1H3. The lowest BCUT2D eigenvalue weighted by Crippen LogP contribution is -2.10. The van der Waals surface area contributed by atoms with Gasteiger partial charge in [0.1, 0.15) is 12.4 Å². The van der Waals surface area contributed by atoms with Crippen LogP contribution in [0.4, 0.5) is 8.78 Å². The Hall–Kier alpha value is -3.38. The van der Waals surface area contributed by atoms with Crippen LogP contribution in [-0.4, -0.2) is 15.8 Å². The number of benzene rings is 3. The fraction of sp³-hybridized carbons (Fsp3) is 0.0870. The first-order valence-electron chi connectivity index (χ1n) is 9.06. The van der Waals surface area contributed by atoms with Crippen LogP contribution in [-0.2, 0) is 6.61 Å². The van der Waals surface area contributed by atoms with E-state index in [1.165, 1.54) is 12.1 Å². The molecular weight excluding hydrogens is 410 g/mol. The van der Waals surface area contributed by atoms with Gasteiger partial charge in [-0.15, -0.1) is 0 Å². The zero-order valence-corrected chi connectivity index (χ0v) is 16.6. The zero-order chi connectivity index (χ0) is 21.3. The highest BCUT2D eigenvalue weighted by atomic mass is 35.5. The van der Waals surface area contributed by atoms with E-state index < -0.39 is 23.0 Å². The Morgan fingerprint density at radius 3 is 2.70 bits per heavy atom. The molecule has 150 valence electrons. The molecule has 0 saturated carbocycles. The Morgan fingerprint density at radius 2 is 1.90 bits per heavy atom. The van der Waals surface area contributed by atoms with Gasteiger partial charge < -0.3 is 4.74 Å². The molecule has 4 aromatic rings. The minimum atomic E-state index is -1.06. The van der Waals surface area contributed by atoms with E-state index in [0.717, 1.165) is 12.1 Å². The number of hydrogen-bond donors (Lipinski definition) is 0. The molecule has 0 saturated heterocycles. The number of rotatable bonds is 5. The molecule has 4 rings (SSSR count). The van der Waals surface area contributed by atoms with Gasteiger partial charge in [-0.1, -0.05) is 23.7 Å². The molecule has 0 N–H and O–H groups in total. The van der Waals surface area contributed by atoms with Crippen molar-refractivity contribution in [3.05, 3.63) is 99.8 Å². The van der Waals surface area contributed by atoms with Crippen molar-refractivity contribution in [1.82, 2.24) is 9.97 Å². The maximum atomic E-state index is 15.0. The second-order valence-corrected chi connectivity index (χ2v) is 7.13. The minimum Gasteiger partial charge on any atom is -0.486 e. The maximum Gasteiger partial charge on any atom is 0.199 e. The molecule has 3 aromatic carbocycles. The molecule has 0 amide bonds. The van der Waals surface area contributed by atoms with Gasteiger partial charge in [-0.3, -0.25) is 9.78 Å². The second-order valence-electron chi connectivity index (χ2n) is 6.70. The van der Waals surface area contributed by atoms with Crippen LogP contribution in [0.25, 0.3) is 11.0 Å². The van der Waals surface area contributed by atoms with Crippen molar-refractivity contribution >= 4 is 28.4 Å². The average molecular weight is 425 g/mol. The number of hydrogen-bond acceptors (Lipinski definition) is 4. The number of fused-ring (bicyclic) bond motifs is 1. The van der Waals surface area contributed by atoms with Crippen LogP contribution in [0.1, 0.15) is 27.2 Å². The smallest absolute Gasteiger partial charge is 0.199 e. The maximum absolute atomic E-state index is 15.0. The number of carbonyl (C=O) groups excluding carboxylic acids is 1. The summed E-state index contributed by atoms with van der Waals surface area (Å²) in [6, 6.07) is 13.6. The van der Waals surface area contributed by atoms with E-state index in [2.05, 4.69) is 9.97 Å². The molecule has 0 atom stereocenters. The SMILES string of the molecule is Cc1cnc2ccc(C(=O)c3c(F)ccc(OCc4cccc(Cl)c4)c3F)cc2n1. The molecule has 7 heteroatoms. The third-order valence-electron chi connectivity index (χ3n) is 4.49. The van der Waals surface area contributed by atoms with Crippen molar-refractivity contribution in [3.63, 3.8) is 0 Å². The third kappa shape index (κ3) is 4.00. The van der Waals surface area contributed by atoms with Crippen LogP contribution in [0.3, 0.4) is 0 Å². The summed E-state index contributed by atoms with van der Waals surface area (Å²) in [4.78, 5) is 21.4. The molecule has 0 bridgehead atoms. The van der Waals surface area contributed by atoms with Crippen LogP contribution in [0.15, 0.2) is 60.8 Å². The summed E-state index contributed by atoms with van der Waals surface area (Å²) in [7, 11) is 0. The lowest BCUT2D eigenvalue weighted by Gasteiger charge is -2.11. The van der Waals surface area contributed by atoms with E-state index in [1.54, 1.807) is 43.5 Å². The monoisotopic (exact) mass is 424 g/mol. The first-order valence-corrected chi connectivity index (χ1v) is 9.43. The number of aryl methyl sites for hydroxylation is 1. The molecule has 0 aliphatic carbocycles. The van der Waals surface area contributed by atoms with Gasteiger partial charge in [0.15, 0.2) is 17.3 Å². The Labute approximate surface area is 176 Å².